The van der Waals surface area contributed by atoms with Crippen molar-refractivity contribution in [2.45, 2.75) is 20.0 Å². The van der Waals surface area contributed by atoms with E-state index in [1.54, 1.807) is 12.3 Å². The third-order valence-electron chi connectivity index (χ3n) is 3.28. The highest BCUT2D eigenvalue weighted by Crippen LogP contribution is 2.08. The van der Waals surface area contributed by atoms with E-state index in [2.05, 4.69) is 41.3 Å². The summed E-state index contributed by atoms with van der Waals surface area (Å²) in [5, 5.41) is 2.91. The smallest absolute Gasteiger partial charge is 0.267 e. The third-order valence-corrected chi connectivity index (χ3v) is 3.28. The number of aromatic amines is 1. The lowest BCUT2D eigenvalue weighted by atomic mass is 10.1. The molecule has 20 heavy (non-hydrogen) atoms. The summed E-state index contributed by atoms with van der Waals surface area (Å²) in [5.41, 5.74) is 2.97. The van der Waals surface area contributed by atoms with E-state index in [4.69, 9.17) is 0 Å². The number of amides is 1. The number of carbonyl (C=O) groups excluding carboxylic acids is 1. The number of rotatable bonds is 6. The van der Waals surface area contributed by atoms with E-state index in [9.17, 15) is 4.79 Å². The Bertz CT molecular complexity index is 549. The lowest BCUT2D eigenvalue weighted by Crippen LogP contribution is -2.23. The fraction of sp³-hybridized carbons (Fsp3) is 0.312. The molecule has 0 aliphatic heterocycles. The molecule has 0 bridgehead atoms. The SMILES string of the molecule is CCN(C)Cc1cccc(CNC(=O)c2ccc[nH]2)c1. The average Bonchev–Trinajstić information content (AvgIpc) is 2.99. The maximum Gasteiger partial charge on any atom is 0.267 e. The van der Waals surface area contributed by atoms with Gasteiger partial charge in [0.2, 0.25) is 0 Å². The van der Waals surface area contributed by atoms with E-state index in [-0.39, 0.29) is 5.91 Å². The minimum Gasteiger partial charge on any atom is -0.357 e. The molecule has 0 saturated carbocycles. The molecule has 0 spiro atoms. The highest BCUT2D eigenvalue weighted by atomic mass is 16.1. The van der Waals surface area contributed by atoms with Crippen LogP contribution in [0.4, 0.5) is 0 Å². The number of carbonyl (C=O) groups is 1. The van der Waals surface area contributed by atoms with Gasteiger partial charge in [-0.25, -0.2) is 0 Å². The van der Waals surface area contributed by atoms with E-state index in [0.29, 0.717) is 12.2 Å². The first-order valence-corrected chi connectivity index (χ1v) is 6.87. The van der Waals surface area contributed by atoms with Crippen molar-refractivity contribution in [3.05, 3.63) is 59.4 Å². The summed E-state index contributed by atoms with van der Waals surface area (Å²) in [6.07, 6.45) is 1.75. The Morgan fingerprint density at radius 1 is 1.25 bits per heavy atom. The van der Waals surface area contributed by atoms with Crippen molar-refractivity contribution in [2.24, 2.45) is 0 Å². The fourth-order valence-electron chi connectivity index (χ4n) is 2.01. The zero-order chi connectivity index (χ0) is 14.4. The number of aromatic nitrogens is 1. The van der Waals surface area contributed by atoms with Gasteiger partial charge in [-0.3, -0.25) is 4.79 Å². The zero-order valence-corrected chi connectivity index (χ0v) is 12.0. The number of nitrogens with zero attached hydrogens (tertiary/aromatic N) is 1. The molecule has 106 valence electrons. The molecule has 0 radical (unpaired) electrons. The van der Waals surface area contributed by atoms with Crippen molar-refractivity contribution in [3.8, 4) is 0 Å². The molecule has 1 aromatic carbocycles. The van der Waals surface area contributed by atoms with Crippen LogP contribution in [0.15, 0.2) is 42.6 Å². The molecule has 1 amide bonds. The molecule has 2 rings (SSSR count). The highest BCUT2D eigenvalue weighted by molar-refractivity contribution is 5.92. The summed E-state index contributed by atoms with van der Waals surface area (Å²) < 4.78 is 0. The number of hydrogen-bond donors (Lipinski definition) is 2. The molecule has 0 aliphatic carbocycles. The van der Waals surface area contributed by atoms with Crippen LogP contribution in [0.25, 0.3) is 0 Å². The van der Waals surface area contributed by atoms with E-state index < -0.39 is 0 Å². The summed E-state index contributed by atoms with van der Waals surface area (Å²) in [7, 11) is 2.10. The van der Waals surface area contributed by atoms with Gasteiger partial charge in [0.15, 0.2) is 0 Å². The van der Waals surface area contributed by atoms with E-state index >= 15 is 0 Å². The van der Waals surface area contributed by atoms with Gasteiger partial charge in [0, 0.05) is 19.3 Å². The molecular weight excluding hydrogens is 250 g/mol. The van der Waals surface area contributed by atoms with E-state index in [1.807, 2.05) is 18.2 Å². The first-order valence-electron chi connectivity index (χ1n) is 6.87. The molecule has 4 nitrogen and oxygen atoms in total. The topological polar surface area (TPSA) is 48.1 Å². The molecule has 0 fully saturated rings. The second kappa shape index (κ2) is 6.91. The minimum absolute atomic E-state index is 0.0777. The number of H-pyrrole nitrogens is 1. The number of benzene rings is 1. The zero-order valence-electron chi connectivity index (χ0n) is 12.0. The predicted octanol–water partition coefficient (Wildman–Crippen LogP) is 2.40. The lowest BCUT2D eigenvalue weighted by molar-refractivity contribution is 0.0946. The van der Waals surface area contributed by atoms with Gasteiger partial charge in [-0.15, -0.1) is 0 Å². The Morgan fingerprint density at radius 3 is 2.75 bits per heavy atom. The van der Waals surface area contributed by atoms with Gasteiger partial charge in [-0.05, 0) is 36.9 Å². The van der Waals surface area contributed by atoms with Crippen LogP contribution in [-0.4, -0.2) is 29.4 Å². The molecule has 1 aromatic heterocycles. The molecule has 0 unspecified atom stereocenters. The first kappa shape index (κ1) is 14.3. The third kappa shape index (κ3) is 3.96. The summed E-state index contributed by atoms with van der Waals surface area (Å²) >= 11 is 0. The van der Waals surface area contributed by atoms with Crippen LogP contribution >= 0.6 is 0 Å². The van der Waals surface area contributed by atoms with Crippen LogP contribution < -0.4 is 5.32 Å². The van der Waals surface area contributed by atoms with Crippen molar-refractivity contribution in [3.63, 3.8) is 0 Å². The van der Waals surface area contributed by atoms with Crippen LogP contribution in [0.5, 0.6) is 0 Å². The number of hydrogen-bond acceptors (Lipinski definition) is 2. The van der Waals surface area contributed by atoms with Crippen molar-refractivity contribution in [1.29, 1.82) is 0 Å². The van der Waals surface area contributed by atoms with Crippen LogP contribution in [0.3, 0.4) is 0 Å². The minimum atomic E-state index is -0.0777. The Balaban J connectivity index is 1.93. The maximum absolute atomic E-state index is 11.8. The van der Waals surface area contributed by atoms with Gasteiger partial charge >= 0.3 is 0 Å². The molecule has 0 aliphatic rings. The van der Waals surface area contributed by atoms with Crippen molar-refractivity contribution < 1.29 is 4.79 Å². The van der Waals surface area contributed by atoms with Gasteiger partial charge in [-0.2, -0.15) is 0 Å². The largest absolute Gasteiger partial charge is 0.357 e. The fourth-order valence-corrected chi connectivity index (χ4v) is 2.01. The van der Waals surface area contributed by atoms with Crippen LogP contribution in [-0.2, 0) is 13.1 Å². The normalized spacial score (nSPS) is 10.8. The molecule has 2 N–H and O–H groups in total. The second-order valence-corrected chi connectivity index (χ2v) is 4.92. The Kier molecular flexibility index (Phi) is 4.96. The van der Waals surface area contributed by atoms with Crippen LogP contribution in [0.1, 0.15) is 28.5 Å². The Labute approximate surface area is 119 Å². The maximum atomic E-state index is 11.8. The monoisotopic (exact) mass is 271 g/mol. The molecule has 2 aromatic rings. The van der Waals surface area contributed by atoms with Gasteiger partial charge in [0.05, 0.1) is 0 Å². The molecule has 4 heteroatoms. The molecule has 0 atom stereocenters. The Morgan fingerprint density at radius 2 is 2.05 bits per heavy atom. The van der Waals surface area contributed by atoms with E-state index in [0.717, 1.165) is 18.7 Å². The molecular formula is C16H21N3O. The summed E-state index contributed by atoms with van der Waals surface area (Å²) in [4.78, 5) is 17.0. The molecule has 0 saturated heterocycles. The standard InChI is InChI=1S/C16H21N3O/c1-3-19(2)12-14-7-4-6-13(10-14)11-18-16(20)15-8-5-9-17-15/h4-10,17H,3,11-12H2,1-2H3,(H,18,20). The van der Waals surface area contributed by atoms with Gasteiger partial charge in [0.1, 0.15) is 5.69 Å². The van der Waals surface area contributed by atoms with Crippen molar-refractivity contribution in [2.75, 3.05) is 13.6 Å². The van der Waals surface area contributed by atoms with Gasteiger partial charge in [-0.1, -0.05) is 31.2 Å². The Hall–Kier alpha value is -2.07. The van der Waals surface area contributed by atoms with Crippen LogP contribution in [0, 0.1) is 0 Å². The lowest BCUT2D eigenvalue weighted by Gasteiger charge is -2.14. The second-order valence-electron chi connectivity index (χ2n) is 4.92. The quantitative estimate of drug-likeness (QED) is 0.847. The summed E-state index contributed by atoms with van der Waals surface area (Å²) in [5.74, 6) is -0.0777. The highest BCUT2D eigenvalue weighted by Gasteiger charge is 2.05. The number of nitrogens with one attached hydrogen (secondary N) is 2. The molecule has 1 heterocycles. The van der Waals surface area contributed by atoms with Crippen molar-refractivity contribution in [1.82, 2.24) is 15.2 Å². The van der Waals surface area contributed by atoms with E-state index in [1.165, 1.54) is 5.56 Å². The van der Waals surface area contributed by atoms with Crippen molar-refractivity contribution >= 4 is 5.91 Å². The first-order chi connectivity index (χ1) is 9.69. The van der Waals surface area contributed by atoms with Gasteiger partial charge < -0.3 is 15.2 Å². The summed E-state index contributed by atoms with van der Waals surface area (Å²) in [6, 6.07) is 11.9. The van der Waals surface area contributed by atoms with Crippen LogP contribution in [0.2, 0.25) is 0 Å². The van der Waals surface area contributed by atoms with Gasteiger partial charge in [0.25, 0.3) is 5.91 Å². The average molecular weight is 271 g/mol. The predicted molar refractivity (Wildman–Crippen MR) is 80.4 cm³/mol. The summed E-state index contributed by atoms with van der Waals surface area (Å²) in [6.45, 7) is 4.63.